The van der Waals surface area contributed by atoms with Gasteiger partial charge in [-0.15, -0.1) is 5.10 Å². The molecule has 0 N–H and O–H groups in total. The van der Waals surface area contributed by atoms with Gasteiger partial charge in [-0.2, -0.15) is 0 Å². The van der Waals surface area contributed by atoms with Crippen LogP contribution in [0.5, 0.6) is 5.75 Å². The number of nitrogens with zero attached hydrogens (tertiary/aromatic N) is 4. The maximum Gasteiger partial charge on any atom is 0.120 e. The molecule has 2 aromatic carbocycles. The third-order valence-corrected chi connectivity index (χ3v) is 5.46. The zero-order valence-corrected chi connectivity index (χ0v) is 18.3. The van der Waals surface area contributed by atoms with Crippen LogP contribution < -0.4 is 4.74 Å². The summed E-state index contributed by atoms with van der Waals surface area (Å²) >= 11 is 6.12. The number of unbranched alkanes of at least 4 members (excludes halogenated alkanes) is 1. The third-order valence-electron chi connectivity index (χ3n) is 5.23. The lowest BCUT2D eigenvalue weighted by Gasteiger charge is -2.11. The second-order valence-electron chi connectivity index (χ2n) is 7.59. The lowest BCUT2D eigenvalue weighted by Crippen LogP contribution is -2.00. The molecule has 0 aliphatic carbocycles. The van der Waals surface area contributed by atoms with Crippen molar-refractivity contribution in [2.75, 3.05) is 0 Å². The zero-order chi connectivity index (χ0) is 21.5. The number of pyridine rings is 1. The summed E-state index contributed by atoms with van der Waals surface area (Å²) in [6, 6.07) is 16.2. The Bertz CT molecular complexity index is 1130. The van der Waals surface area contributed by atoms with Gasteiger partial charge in [0.25, 0.3) is 0 Å². The van der Waals surface area contributed by atoms with E-state index < -0.39 is 0 Å². The number of benzene rings is 2. The minimum atomic E-state index is 0.470. The fraction of sp³-hybridized carbons (Fsp3) is 0.240. The Kier molecular flexibility index (Phi) is 6.95. The predicted molar refractivity (Wildman–Crippen MR) is 123 cm³/mol. The summed E-state index contributed by atoms with van der Waals surface area (Å²) in [7, 11) is 0. The van der Waals surface area contributed by atoms with Crippen LogP contribution in [0.15, 0.2) is 73.3 Å². The van der Waals surface area contributed by atoms with Gasteiger partial charge in [-0.05, 0) is 73.2 Å². The molecule has 6 heteroatoms. The zero-order valence-electron chi connectivity index (χ0n) is 17.5. The highest BCUT2D eigenvalue weighted by Crippen LogP contribution is 2.24. The van der Waals surface area contributed by atoms with E-state index in [1.165, 1.54) is 11.1 Å². The Hall–Kier alpha value is -3.18. The van der Waals surface area contributed by atoms with Gasteiger partial charge < -0.3 is 4.74 Å². The molecule has 0 fully saturated rings. The van der Waals surface area contributed by atoms with Crippen LogP contribution in [-0.2, 0) is 19.6 Å². The van der Waals surface area contributed by atoms with Gasteiger partial charge in [0.15, 0.2) is 0 Å². The number of hydrogen-bond acceptors (Lipinski definition) is 4. The Morgan fingerprint density at radius 2 is 1.94 bits per heavy atom. The Labute approximate surface area is 187 Å². The molecule has 2 aromatic heterocycles. The largest absolute Gasteiger partial charge is 0.489 e. The first-order valence-electron chi connectivity index (χ1n) is 10.4. The molecule has 4 rings (SSSR count). The van der Waals surface area contributed by atoms with Crippen LogP contribution in [0.3, 0.4) is 0 Å². The fourth-order valence-electron chi connectivity index (χ4n) is 3.54. The van der Waals surface area contributed by atoms with E-state index >= 15 is 0 Å². The molecule has 0 unspecified atom stereocenters. The Morgan fingerprint density at radius 1 is 1.00 bits per heavy atom. The van der Waals surface area contributed by atoms with Crippen LogP contribution in [0.2, 0.25) is 5.02 Å². The van der Waals surface area contributed by atoms with Crippen LogP contribution in [0.25, 0.3) is 11.1 Å². The van der Waals surface area contributed by atoms with E-state index in [0.29, 0.717) is 11.6 Å². The van der Waals surface area contributed by atoms with E-state index in [1.54, 1.807) is 6.20 Å². The van der Waals surface area contributed by atoms with Crippen molar-refractivity contribution in [3.8, 4) is 16.9 Å². The maximum absolute atomic E-state index is 6.12. The van der Waals surface area contributed by atoms with Crippen molar-refractivity contribution in [3.05, 3.63) is 95.0 Å². The maximum atomic E-state index is 6.12. The summed E-state index contributed by atoms with van der Waals surface area (Å²) in [5.41, 5.74) is 5.71. The van der Waals surface area contributed by atoms with Gasteiger partial charge in [-0.3, -0.25) is 9.67 Å². The second-order valence-corrected chi connectivity index (χ2v) is 8.03. The highest BCUT2D eigenvalue weighted by Gasteiger charge is 2.05. The van der Waals surface area contributed by atoms with Crippen LogP contribution in [-0.4, -0.2) is 20.0 Å². The standard InChI is InChI=1S/C25H25ClN4O/c1-19-13-25(9-8-21(19)5-2-3-11-30-12-10-28-29-30)31-18-20-14-23(17-27-16-20)22-6-4-7-24(26)15-22/h4,6-10,12-17H,2-3,5,11,18H2,1H3. The lowest BCUT2D eigenvalue weighted by molar-refractivity contribution is 0.305. The van der Waals surface area contributed by atoms with Gasteiger partial charge in [-0.25, -0.2) is 0 Å². The van der Waals surface area contributed by atoms with Crippen LogP contribution in [0, 0.1) is 6.92 Å². The first kappa shape index (κ1) is 21.1. The molecule has 0 saturated heterocycles. The lowest BCUT2D eigenvalue weighted by atomic mass is 10.0. The summed E-state index contributed by atoms with van der Waals surface area (Å²) in [6.07, 6.45) is 10.5. The van der Waals surface area contributed by atoms with Crippen molar-refractivity contribution >= 4 is 11.6 Å². The first-order chi connectivity index (χ1) is 15.2. The summed E-state index contributed by atoms with van der Waals surface area (Å²) in [4.78, 5) is 4.36. The number of aromatic nitrogens is 4. The smallest absolute Gasteiger partial charge is 0.120 e. The third kappa shape index (κ3) is 5.92. The van der Waals surface area contributed by atoms with Gasteiger partial charge >= 0.3 is 0 Å². The number of halogens is 1. The van der Waals surface area contributed by atoms with Crippen LogP contribution >= 0.6 is 11.6 Å². The molecule has 0 atom stereocenters. The summed E-state index contributed by atoms with van der Waals surface area (Å²) in [6.45, 7) is 3.52. The minimum absolute atomic E-state index is 0.470. The van der Waals surface area contributed by atoms with Crippen molar-refractivity contribution in [1.29, 1.82) is 0 Å². The molecule has 0 saturated carbocycles. The number of rotatable bonds is 9. The fourth-order valence-corrected chi connectivity index (χ4v) is 3.73. The van der Waals surface area contributed by atoms with Gasteiger partial charge in [0.1, 0.15) is 12.4 Å². The van der Waals surface area contributed by atoms with E-state index in [2.05, 4.69) is 40.4 Å². The molecule has 0 bridgehead atoms. The number of hydrogen-bond donors (Lipinski definition) is 0. The van der Waals surface area contributed by atoms with Crippen LogP contribution in [0.1, 0.15) is 29.5 Å². The molecular formula is C25H25ClN4O. The van der Waals surface area contributed by atoms with Crippen LogP contribution in [0.4, 0.5) is 0 Å². The first-order valence-corrected chi connectivity index (χ1v) is 10.8. The molecule has 0 aliphatic heterocycles. The molecule has 0 aliphatic rings. The molecule has 0 spiro atoms. The van der Waals surface area contributed by atoms with Crippen molar-refractivity contribution in [2.45, 2.75) is 39.3 Å². The van der Waals surface area contributed by atoms with Gasteiger partial charge in [-0.1, -0.05) is 35.0 Å². The van der Waals surface area contributed by atoms with Gasteiger partial charge in [0.05, 0.1) is 6.20 Å². The molecule has 2 heterocycles. The molecule has 5 nitrogen and oxygen atoms in total. The van der Waals surface area contributed by atoms with Crippen molar-refractivity contribution < 1.29 is 4.74 Å². The Morgan fingerprint density at radius 3 is 2.74 bits per heavy atom. The van der Waals surface area contributed by atoms with Gasteiger partial charge in [0.2, 0.25) is 0 Å². The molecular weight excluding hydrogens is 408 g/mol. The highest BCUT2D eigenvalue weighted by atomic mass is 35.5. The number of ether oxygens (including phenoxy) is 1. The van der Waals surface area contributed by atoms with Crippen molar-refractivity contribution in [3.63, 3.8) is 0 Å². The summed E-state index contributed by atoms with van der Waals surface area (Å²) in [5.74, 6) is 0.872. The molecule has 4 aromatic rings. The summed E-state index contributed by atoms with van der Waals surface area (Å²) < 4.78 is 7.91. The predicted octanol–water partition coefficient (Wildman–Crippen LogP) is 5.90. The molecule has 0 amide bonds. The SMILES string of the molecule is Cc1cc(OCc2cncc(-c3cccc(Cl)c3)c2)ccc1CCCCn1ccnn1. The number of aryl methyl sites for hydroxylation is 3. The van der Waals surface area contributed by atoms with E-state index in [0.717, 1.165) is 48.2 Å². The highest BCUT2D eigenvalue weighted by molar-refractivity contribution is 6.30. The normalized spacial score (nSPS) is 10.9. The van der Waals surface area contributed by atoms with E-state index in [-0.39, 0.29) is 0 Å². The average molecular weight is 433 g/mol. The van der Waals surface area contributed by atoms with Gasteiger partial charge in [0, 0.05) is 41.3 Å². The Balaban J connectivity index is 1.31. The second kappa shape index (κ2) is 10.2. The average Bonchev–Trinajstić information content (AvgIpc) is 3.30. The quantitative estimate of drug-likeness (QED) is 0.309. The molecule has 31 heavy (non-hydrogen) atoms. The van der Waals surface area contributed by atoms with E-state index in [9.17, 15) is 0 Å². The van der Waals surface area contributed by atoms with E-state index in [4.69, 9.17) is 16.3 Å². The van der Waals surface area contributed by atoms with Crippen molar-refractivity contribution in [1.82, 2.24) is 20.0 Å². The molecule has 158 valence electrons. The van der Waals surface area contributed by atoms with E-state index in [1.807, 2.05) is 53.6 Å². The molecule has 0 radical (unpaired) electrons. The minimum Gasteiger partial charge on any atom is -0.489 e. The summed E-state index contributed by atoms with van der Waals surface area (Å²) in [5, 5.41) is 8.55. The van der Waals surface area contributed by atoms with Crippen molar-refractivity contribution in [2.24, 2.45) is 0 Å². The monoisotopic (exact) mass is 432 g/mol. The topological polar surface area (TPSA) is 52.8 Å².